The molecule has 2 atom stereocenters. The SMILES string of the molecule is CCC(CC)C(CNC(=NC)NCC1CCN(C2CC2)C1)N1CCOCC1. The van der Waals surface area contributed by atoms with E-state index >= 15 is 0 Å². The molecule has 6 heteroatoms. The van der Waals surface area contributed by atoms with Crippen LogP contribution in [0.15, 0.2) is 4.99 Å². The number of morpholine rings is 1. The zero-order valence-electron chi connectivity index (χ0n) is 17.8. The van der Waals surface area contributed by atoms with Gasteiger partial charge in [-0.15, -0.1) is 0 Å². The first kappa shape index (κ1) is 20.9. The van der Waals surface area contributed by atoms with E-state index in [1.165, 1.54) is 45.2 Å². The van der Waals surface area contributed by atoms with Crippen LogP contribution in [0.2, 0.25) is 0 Å². The minimum atomic E-state index is 0.555. The predicted molar refractivity (Wildman–Crippen MR) is 112 cm³/mol. The summed E-state index contributed by atoms with van der Waals surface area (Å²) in [7, 11) is 1.89. The number of likely N-dealkylation sites (tertiary alicyclic amines) is 1. The van der Waals surface area contributed by atoms with Gasteiger partial charge in [-0.25, -0.2) is 0 Å². The highest BCUT2D eigenvalue weighted by Gasteiger charge is 2.34. The summed E-state index contributed by atoms with van der Waals surface area (Å²) in [5, 5.41) is 7.22. The molecule has 0 aromatic rings. The Hall–Kier alpha value is -0.850. The topological polar surface area (TPSA) is 52.1 Å². The molecule has 2 unspecified atom stereocenters. The fraction of sp³-hybridized carbons (Fsp3) is 0.952. The lowest BCUT2D eigenvalue weighted by Gasteiger charge is -2.39. The Balaban J connectivity index is 1.45. The Morgan fingerprint density at radius 3 is 2.44 bits per heavy atom. The normalized spacial score (nSPS) is 26.5. The minimum absolute atomic E-state index is 0.555. The number of nitrogens with zero attached hydrogens (tertiary/aromatic N) is 3. The van der Waals surface area contributed by atoms with Gasteiger partial charge in [0, 0.05) is 51.9 Å². The molecule has 0 aromatic heterocycles. The molecule has 2 heterocycles. The molecule has 3 aliphatic rings. The van der Waals surface area contributed by atoms with E-state index in [9.17, 15) is 0 Å². The van der Waals surface area contributed by atoms with E-state index in [1.807, 2.05) is 7.05 Å². The maximum Gasteiger partial charge on any atom is 0.191 e. The Morgan fingerprint density at radius 1 is 1.07 bits per heavy atom. The average Bonchev–Trinajstić information content (AvgIpc) is 3.46. The van der Waals surface area contributed by atoms with E-state index in [2.05, 4.69) is 39.3 Å². The van der Waals surface area contributed by atoms with Crippen molar-refractivity contribution in [2.24, 2.45) is 16.8 Å². The van der Waals surface area contributed by atoms with Gasteiger partial charge in [0.05, 0.1) is 13.2 Å². The van der Waals surface area contributed by atoms with Crippen LogP contribution < -0.4 is 10.6 Å². The van der Waals surface area contributed by atoms with Crippen molar-refractivity contribution in [3.05, 3.63) is 0 Å². The van der Waals surface area contributed by atoms with Gasteiger partial charge in [0.1, 0.15) is 0 Å². The highest BCUT2D eigenvalue weighted by atomic mass is 16.5. The van der Waals surface area contributed by atoms with Gasteiger partial charge in [0.25, 0.3) is 0 Å². The van der Waals surface area contributed by atoms with Gasteiger partial charge in [0.2, 0.25) is 0 Å². The van der Waals surface area contributed by atoms with Crippen LogP contribution in [0, 0.1) is 11.8 Å². The van der Waals surface area contributed by atoms with Crippen LogP contribution in [-0.2, 0) is 4.74 Å². The van der Waals surface area contributed by atoms with Crippen molar-refractivity contribution < 1.29 is 4.74 Å². The second-order valence-corrected chi connectivity index (χ2v) is 8.51. The van der Waals surface area contributed by atoms with Crippen molar-refractivity contribution >= 4 is 5.96 Å². The van der Waals surface area contributed by atoms with Gasteiger partial charge in [-0.05, 0) is 37.6 Å². The van der Waals surface area contributed by atoms with Gasteiger partial charge in [0.15, 0.2) is 5.96 Å². The molecule has 0 spiro atoms. The lowest BCUT2D eigenvalue weighted by molar-refractivity contribution is 0.00272. The predicted octanol–water partition coefficient (Wildman–Crippen LogP) is 1.77. The van der Waals surface area contributed by atoms with Gasteiger partial charge < -0.3 is 20.3 Å². The third kappa shape index (κ3) is 6.06. The molecule has 3 fully saturated rings. The molecular formula is C21H41N5O. The second-order valence-electron chi connectivity index (χ2n) is 8.51. The summed E-state index contributed by atoms with van der Waals surface area (Å²) >= 11 is 0. The number of guanidine groups is 1. The molecule has 0 amide bonds. The standard InChI is InChI=1S/C21H41N5O/c1-4-18(5-2)20(25-10-12-27-13-11-25)15-24-21(22-3)23-14-17-8-9-26(16-17)19-6-7-19/h17-20H,4-16H2,1-3H3,(H2,22,23,24). The van der Waals surface area contributed by atoms with Crippen LogP contribution in [-0.4, -0.2) is 87.4 Å². The summed E-state index contributed by atoms with van der Waals surface area (Å²) in [5.41, 5.74) is 0. The number of hydrogen-bond acceptors (Lipinski definition) is 4. The maximum atomic E-state index is 5.57. The van der Waals surface area contributed by atoms with E-state index in [0.29, 0.717) is 6.04 Å². The van der Waals surface area contributed by atoms with Crippen LogP contribution >= 0.6 is 0 Å². The van der Waals surface area contributed by atoms with Crippen LogP contribution in [0.4, 0.5) is 0 Å². The van der Waals surface area contributed by atoms with Crippen molar-refractivity contribution in [1.29, 1.82) is 0 Å². The number of rotatable bonds is 9. The highest BCUT2D eigenvalue weighted by molar-refractivity contribution is 5.79. The van der Waals surface area contributed by atoms with E-state index in [-0.39, 0.29) is 0 Å². The van der Waals surface area contributed by atoms with E-state index < -0.39 is 0 Å². The summed E-state index contributed by atoms with van der Waals surface area (Å²) in [6.07, 6.45) is 6.62. The van der Waals surface area contributed by atoms with Crippen LogP contribution in [0.25, 0.3) is 0 Å². The lowest BCUT2D eigenvalue weighted by atomic mass is 9.92. The average molecular weight is 380 g/mol. The smallest absolute Gasteiger partial charge is 0.191 e. The summed E-state index contributed by atoms with van der Waals surface area (Å²) in [4.78, 5) is 9.78. The fourth-order valence-corrected chi connectivity index (χ4v) is 4.80. The summed E-state index contributed by atoms with van der Waals surface area (Å²) < 4.78 is 5.57. The fourth-order valence-electron chi connectivity index (χ4n) is 4.80. The Bertz CT molecular complexity index is 457. The Labute approximate surface area is 166 Å². The largest absolute Gasteiger partial charge is 0.379 e. The molecule has 3 rings (SSSR count). The zero-order valence-corrected chi connectivity index (χ0v) is 17.8. The molecule has 2 saturated heterocycles. The summed E-state index contributed by atoms with van der Waals surface area (Å²) in [6.45, 7) is 13.0. The molecule has 2 N–H and O–H groups in total. The maximum absolute atomic E-state index is 5.57. The molecule has 2 aliphatic heterocycles. The van der Waals surface area contributed by atoms with Gasteiger partial charge in [-0.3, -0.25) is 9.89 Å². The summed E-state index contributed by atoms with van der Waals surface area (Å²) in [6, 6.07) is 1.46. The molecule has 0 radical (unpaired) electrons. The zero-order chi connectivity index (χ0) is 19.1. The highest BCUT2D eigenvalue weighted by Crippen LogP contribution is 2.31. The molecule has 1 saturated carbocycles. The molecule has 6 nitrogen and oxygen atoms in total. The third-order valence-corrected chi connectivity index (χ3v) is 6.75. The van der Waals surface area contributed by atoms with Gasteiger partial charge in [-0.2, -0.15) is 0 Å². The van der Waals surface area contributed by atoms with Crippen molar-refractivity contribution in [3.63, 3.8) is 0 Å². The van der Waals surface area contributed by atoms with Crippen molar-refractivity contribution in [2.45, 2.75) is 58.0 Å². The van der Waals surface area contributed by atoms with Gasteiger partial charge in [-0.1, -0.05) is 26.7 Å². The number of hydrogen-bond donors (Lipinski definition) is 2. The minimum Gasteiger partial charge on any atom is -0.379 e. The molecular weight excluding hydrogens is 338 g/mol. The molecule has 27 heavy (non-hydrogen) atoms. The Morgan fingerprint density at radius 2 is 1.81 bits per heavy atom. The first-order valence-electron chi connectivity index (χ1n) is 11.3. The summed E-state index contributed by atoms with van der Waals surface area (Å²) in [5.74, 6) is 2.44. The molecule has 156 valence electrons. The Kier molecular flexibility index (Phi) is 8.22. The van der Waals surface area contributed by atoms with Crippen LogP contribution in [0.5, 0.6) is 0 Å². The lowest BCUT2D eigenvalue weighted by Crippen LogP contribution is -2.53. The van der Waals surface area contributed by atoms with Gasteiger partial charge >= 0.3 is 0 Å². The van der Waals surface area contributed by atoms with Crippen LogP contribution in [0.3, 0.4) is 0 Å². The first-order chi connectivity index (χ1) is 13.2. The number of nitrogens with one attached hydrogen (secondary N) is 2. The van der Waals surface area contributed by atoms with Crippen molar-refractivity contribution in [3.8, 4) is 0 Å². The molecule has 0 bridgehead atoms. The molecule has 0 aromatic carbocycles. The van der Waals surface area contributed by atoms with E-state index in [4.69, 9.17) is 4.74 Å². The number of ether oxygens (including phenoxy) is 1. The van der Waals surface area contributed by atoms with Crippen molar-refractivity contribution in [2.75, 3.05) is 59.5 Å². The quantitative estimate of drug-likeness (QED) is 0.472. The van der Waals surface area contributed by atoms with Crippen LogP contribution in [0.1, 0.15) is 46.0 Å². The number of aliphatic imine (C=N–C) groups is 1. The van der Waals surface area contributed by atoms with E-state index in [1.54, 1.807) is 0 Å². The molecule has 1 aliphatic carbocycles. The van der Waals surface area contributed by atoms with E-state index in [0.717, 1.165) is 63.2 Å². The first-order valence-corrected chi connectivity index (χ1v) is 11.3. The monoisotopic (exact) mass is 379 g/mol. The second kappa shape index (κ2) is 10.6. The van der Waals surface area contributed by atoms with Crippen molar-refractivity contribution in [1.82, 2.24) is 20.4 Å². The third-order valence-electron chi connectivity index (χ3n) is 6.75.